The summed E-state index contributed by atoms with van der Waals surface area (Å²) in [5.74, 6) is 0.175. The van der Waals surface area contributed by atoms with Gasteiger partial charge < -0.3 is 5.32 Å². The molecule has 0 unspecified atom stereocenters. The van der Waals surface area contributed by atoms with Gasteiger partial charge in [0.15, 0.2) is 0 Å². The lowest BCUT2D eigenvalue weighted by Crippen LogP contribution is -2.24. The highest BCUT2D eigenvalue weighted by Crippen LogP contribution is 2.38. The Morgan fingerprint density at radius 3 is 2.56 bits per heavy atom. The van der Waals surface area contributed by atoms with Crippen LogP contribution in [0.1, 0.15) is 37.3 Å². The standard InChI is InChI=1S/C12H14F3N/c1-7-5-8(2)16-11-4-3-9(6-10(7)11)12(13,14)15/h3-4,6-8,16H,5H2,1-2H3/t7-,8+/m0/s1. The van der Waals surface area contributed by atoms with E-state index in [1.807, 2.05) is 13.8 Å². The maximum atomic E-state index is 12.5. The molecule has 16 heavy (non-hydrogen) atoms. The molecule has 4 heteroatoms. The summed E-state index contributed by atoms with van der Waals surface area (Å²) >= 11 is 0. The molecule has 0 saturated heterocycles. The molecule has 0 fully saturated rings. The van der Waals surface area contributed by atoms with Crippen molar-refractivity contribution in [1.82, 2.24) is 0 Å². The van der Waals surface area contributed by atoms with Gasteiger partial charge in [0.25, 0.3) is 0 Å². The number of hydrogen-bond donors (Lipinski definition) is 1. The van der Waals surface area contributed by atoms with E-state index in [2.05, 4.69) is 5.32 Å². The largest absolute Gasteiger partial charge is 0.416 e. The van der Waals surface area contributed by atoms with Crippen LogP contribution in [0.3, 0.4) is 0 Å². The average Bonchev–Trinajstić information content (AvgIpc) is 2.15. The number of benzene rings is 1. The van der Waals surface area contributed by atoms with E-state index < -0.39 is 11.7 Å². The summed E-state index contributed by atoms with van der Waals surface area (Å²) in [5.41, 5.74) is 1.04. The second-order valence-electron chi connectivity index (χ2n) is 4.48. The molecule has 88 valence electrons. The van der Waals surface area contributed by atoms with Gasteiger partial charge in [-0.15, -0.1) is 0 Å². The molecule has 1 aliphatic rings. The summed E-state index contributed by atoms with van der Waals surface area (Å²) in [6.45, 7) is 4.01. The van der Waals surface area contributed by atoms with Crippen molar-refractivity contribution in [3.63, 3.8) is 0 Å². The van der Waals surface area contributed by atoms with Crippen LogP contribution in [-0.2, 0) is 6.18 Å². The summed E-state index contributed by atoms with van der Waals surface area (Å²) in [7, 11) is 0. The predicted octanol–water partition coefficient (Wildman–Crippen LogP) is 4.01. The normalized spacial score (nSPS) is 24.8. The van der Waals surface area contributed by atoms with Crippen LogP contribution in [0.2, 0.25) is 0 Å². The first-order valence-corrected chi connectivity index (χ1v) is 5.35. The number of halogens is 3. The highest BCUT2D eigenvalue weighted by atomic mass is 19.4. The van der Waals surface area contributed by atoms with Crippen LogP contribution in [-0.4, -0.2) is 6.04 Å². The first kappa shape index (κ1) is 11.3. The van der Waals surface area contributed by atoms with Crippen LogP contribution in [0.15, 0.2) is 18.2 Å². The third kappa shape index (κ3) is 2.01. The maximum absolute atomic E-state index is 12.5. The average molecular weight is 229 g/mol. The highest BCUT2D eigenvalue weighted by Gasteiger charge is 2.32. The van der Waals surface area contributed by atoms with Gasteiger partial charge in [0.1, 0.15) is 0 Å². The van der Waals surface area contributed by atoms with Gasteiger partial charge in [-0.25, -0.2) is 0 Å². The summed E-state index contributed by atoms with van der Waals surface area (Å²) in [4.78, 5) is 0. The van der Waals surface area contributed by atoms with E-state index in [0.29, 0.717) is 6.04 Å². The number of nitrogens with one attached hydrogen (secondary N) is 1. The highest BCUT2D eigenvalue weighted by molar-refractivity contribution is 5.57. The third-order valence-electron chi connectivity index (χ3n) is 3.02. The Hall–Kier alpha value is -1.19. The lowest BCUT2D eigenvalue weighted by atomic mass is 9.88. The van der Waals surface area contributed by atoms with Crippen LogP contribution < -0.4 is 5.32 Å². The minimum atomic E-state index is -4.25. The quantitative estimate of drug-likeness (QED) is 0.708. The number of hydrogen-bond acceptors (Lipinski definition) is 1. The van der Waals surface area contributed by atoms with Gasteiger partial charge in [-0.3, -0.25) is 0 Å². The summed E-state index contributed by atoms with van der Waals surface area (Å²) in [6.07, 6.45) is -3.38. The molecular formula is C12H14F3N. The molecule has 1 aromatic carbocycles. The van der Waals surface area contributed by atoms with Crippen LogP contribution in [0.25, 0.3) is 0 Å². The topological polar surface area (TPSA) is 12.0 Å². The van der Waals surface area contributed by atoms with Gasteiger partial charge in [-0.05, 0) is 43.0 Å². The van der Waals surface area contributed by atoms with Crippen molar-refractivity contribution in [2.75, 3.05) is 5.32 Å². The molecule has 2 rings (SSSR count). The second-order valence-corrected chi connectivity index (χ2v) is 4.48. The molecule has 0 saturated carbocycles. The van der Waals surface area contributed by atoms with Crippen LogP contribution in [0.4, 0.5) is 18.9 Å². The Morgan fingerprint density at radius 2 is 1.94 bits per heavy atom. The van der Waals surface area contributed by atoms with Crippen molar-refractivity contribution in [2.24, 2.45) is 0 Å². The first-order chi connectivity index (χ1) is 7.38. The molecule has 1 heterocycles. The summed E-state index contributed by atoms with van der Waals surface area (Å²) < 4.78 is 37.6. The van der Waals surface area contributed by atoms with Crippen molar-refractivity contribution in [1.29, 1.82) is 0 Å². The Morgan fingerprint density at radius 1 is 1.25 bits per heavy atom. The Labute approximate surface area is 92.7 Å². The van der Waals surface area contributed by atoms with Crippen LogP contribution in [0.5, 0.6) is 0 Å². The van der Waals surface area contributed by atoms with Crippen LogP contribution >= 0.6 is 0 Å². The Balaban J connectivity index is 2.42. The fourth-order valence-electron chi connectivity index (χ4n) is 2.26. The molecule has 1 aromatic rings. The summed E-state index contributed by atoms with van der Waals surface area (Å²) in [5, 5.41) is 3.20. The van der Waals surface area contributed by atoms with E-state index in [4.69, 9.17) is 0 Å². The van der Waals surface area contributed by atoms with Gasteiger partial charge in [0.2, 0.25) is 0 Å². The molecule has 2 atom stereocenters. The van der Waals surface area contributed by atoms with Crippen molar-refractivity contribution in [2.45, 2.75) is 38.4 Å². The van der Waals surface area contributed by atoms with Gasteiger partial charge in [0.05, 0.1) is 5.56 Å². The maximum Gasteiger partial charge on any atom is 0.416 e. The molecule has 1 N–H and O–H groups in total. The number of rotatable bonds is 0. The van der Waals surface area contributed by atoms with E-state index >= 15 is 0 Å². The summed E-state index contributed by atoms with van der Waals surface area (Å²) in [6, 6.07) is 4.25. The Bertz CT molecular complexity index is 398. The van der Waals surface area contributed by atoms with E-state index in [1.54, 1.807) is 0 Å². The zero-order valence-corrected chi connectivity index (χ0v) is 9.23. The minimum absolute atomic E-state index is 0.175. The minimum Gasteiger partial charge on any atom is -0.382 e. The number of fused-ring (bicyclic) bond motifs is 1. The van der Waals surface area contributed by atoms with Crippen molar-refractivity contribution in [3.8, 4) is 0 Å². The van der Waals surface area contributed by atoms with Crippen molar-refractivity contribution < 1.29 is 13.2 Å². The van der Waals surface area contributed by atoms with E-state index in [9.17, 15) is 13.2 Å². The van der Waals surface area contributed by atoms with Crippen molar-refractivity contribution in [3.05, 3.63) is 29.3 Å². The molecule has 0 aliphatic carbocycles. The van der Waals surface area contributed by atoms with Gasteiger partial charge in [-0.2, -0.15) is 13.2 Å². The molecule has 1 nitrogen and oxygen atoms in total. The molecule has 1 aliphatic heterocycles. The zero-order valence-electron chi connectivity index (χ0n) is 9.23. The second kappa shape index (κ2) is 3.68. The SMILES string of the molecule is C[C@@H]1C[C@H](C)c2cc(C(F)(F)F)ccc2N1. The lowest BCUT2D eigenvalue weighted by molar-refractivity contribution is -0.137. The lowest BCUT2D eigenvalue weighted by Gasteiger charge is -2.29. The number of alkyl halides is 3. The molecule has 0 aromatic heterocycles. The fraction of sp³-hybridized carbons (Fsp3) is 0.500. The molecule has 0 amide bonds. The molecule has 0 radical (unpaired) electrons. The molecule has 0 bridgehead atoms. The Kier molecular flexibility index (Phi) is 2.60. The van der Waals surface area contributed by atoms with Crippen molar-refractivity contribution >= 4 is 5.69 Å². The predicted molar refractivity (Wildman–Crippen MR) is 57.6 cm³/mol. The van der Waals surface area contributed by atoms with E-state index in [-0.39, 0.29) is 5.92 Å². The fourth-order valence-corrected chi connectivity index (χ4v) is 2.26. The number of anilines is 1. The van der Waals surface area contributed by atoms with E-state index in [0.717, 1.165) is 23.7 Å². The van der Waals surface area contributed by atoms with Gasteiger partial charge >= 0.3 is 6.18 Å². The van der Waals surface area contributed by atoms with Gasteiger partial charge in [-0.1, -0.05) is 6.92 Å². The van der Waals surface area contributed by atoms with Gasteiger partial charge in [0, 0.05) is 11.7 Å². The third-order valence-corrected chi connectivity index (χ3v) is 3.02. The monoisotopic (exact) mass is 229 g/mol. The molecular weight excluding hydrogens is 215 g/mol. The zero-order chi connectivity index (χ0) is 11.9. The smallest absolute Gasteiger partial charge is 0.382 e. The first-order valence-electron chi connectivity index (χ1n) is 5.35. The van der Waals surface area contributed by atoms with E-state index in [1.165, 1.54) is 12.1 Å². The molecule has 0 spiro atoms. The van der Waals surface area contributed by atoms with Crippen LogP contribution in [0, 0.1) is 0 Å².